The first kappa shape index (κ1) is 13.9. The third-order valence-corrected chi connectivity index (χ3v) is 4.82. The summed E-state index contributed by atoms with van der Waals surface area (Å²) in [5.41, 5.74) is 0. The fourth-order valence-corrected chi connectivity index (χ4v) is 3.57. The highest BCUT2D eigenvalue weighted by atomic mass is 16.2. The summed E-state index contributed by atoms with van der Waals surface area (Å²) in [7, 11) is 2.03. The summed E-state index contributed by atoms with van der Waals surface area (Å²) in [6, 6.07) is 0.587. The highest BCUT2D eigenvalue weighted by molar-refractivity contribution is 5.76. The van der Waals surface area contributed by atoms with Gasteiger partial charge in [0.1, 0.15) is 0 Å². The number of nitrogens with one attached hydrogen (secondary N) is 1. The SMILES string of the molecule is CNC1CCN(C(=O)CC2CCCCC2)CC1C. The standard InChI is InChI=1S/C15H28N2O/c1-12-11-17(9-8-14(12)16-2)15(18)10-13-6-4-3-5-7-13/h12-14,16H,3-11H2,1-2H3. The Morgan fingerprint density at radius 2 is 1.94 bits per heavy atom. The van der Waals surface area contributed by atoms with Crippen molar-refractivity contribution in [3.63, 3.8) is 0 Å². The Balaban J connectivity index is 1.79. The maximum atomic E-state index is 12.3. The van der Waals surface area contributed by atoms with E-state index in [0.29, 0.717) is 23.8 Å². The molecule has 0 bridgehead atoms. The number of nitrogens with zero attached hydrogens (tertiary/aromatic N) is 1. The van der Waals surface area contributed by atoms with Gasteiger partial charge in [-0.1, -0.05) is 26.2 Å². The van der Waals surface area contributed by atoms with Crippen molar-refractivity contribution in [1.82, 2.24) is 10.2 Å². The van der Waals surface area contributed by atoms with E-state index in [1.165, 1.54) is 32.1 Å². The van der Waals surface area contributed by atoms with Gasteiger partial charge in [-0.25, -0.2) is 0 Å². The summed E-state index contributed by atoms with van der Waals surface area (Å²) in [5, 5.41) is 3.36. The van der Waals surface area contributed by atoms with Crippen LogP contribution in [-0.2, 0) is 4.79 Å². The molecular weight excluding hydrogens is 224 g/mol. The van der Waals surface area contributed by atoms with E-state index in [4.69, 9.17) is 0 Å². The quantitative estimate of drug-likeness (QED) is 0.836. The van der Waals surface area contributed by atoms with Crippen LogP contribution in [0.2, 0.25) is 0 Å². The van der Waals surface area contributed by atoms with Gasteiger partial charge >= 0.3 is 0 Å². The van der Waals surface area contributed by atoms with Crippen molar-refractivity contribution in [2.24, 2.45) is 11.8 Å². The lowest BCUT2D eigenvalue weighted by Crippen LogP contribution is -2.49. The summed E-state index contributed by atoms with van der Waals surface area (Å²) < 4.78 is 0. The van der Waals surface area contributed by atoms with Crippen LogP contribution in [0.5, 0.6) is 0 Å². The van der Waals surface area contributed by atoms with Gasteiger partial charge < -0.3 is 10.2 Å². The van der Waals surface area contributed by atoms with Crippen LogP contribution in [-0.4, -0.2) is 37.0 Å². The van der Waals surface area contributed by atoms with Gasteiger partial charge in [-0.3, -0.25) is 4.79 Å². The number of carbonyl (C=O) groups is 1. The molecule has 2 fully saturated rings. The molecule has 0 aromatic rings. The molecule has 1 heterocycles. The number of rotatable bonds is 3. The molecule has 18 heavy (non-hydrogen) atoms. The van der Waals surface area contributed by atoms with E-state index >= 15 is 0 Å². The molecule has 104 valence electrons. The molecule has 0 aromatic heterocycles. The van der Waals surface area contributed by atoms with E-state index in [2.05, 4.69) is 17.1 Å². The van der Waals surface area contributed by atoms with Gasteiger partial charge in [0, 0.05) is 25.6 Å². The minimum absolute atomic E-state index is 0.406. The first-order valence-corrected chi connectivity index (χ1v) is 7.65. The van der Waals surface area contributed by atoms with Crippen LogP contribution in [0.25, 0.3) is 0 Å². The first-order chi connectivity index (χ1) is 8.70. The van der Waals surface area contributed by atoms with E-state index in [0.717, 1.165) is 25.9 Å². The van der Waals surface area contributed by atoms with Gasteiger partial charge in [0.25, 0.3) is 0 Å². The molecular formula is C15H28N2O. The molecule has 1 aliphatic carbocycles. The molecule has 1 aliphatic heterocycles. The Labute approximate surface area is 111 Å². The van der Waals surface area contributed by atoms with Crippen molar-refractivity contribution in [3.05, 3.63) is 0 Å². The van der Waals surface area contributed by atoms with Gasteiger partial charge in [0.2, 0.25) is 5.91 Å². The van der Waals surface area contributed by atoms with Gasteiger partial charge in [0.05, 0.1) is 0 Å². The van der Waals surface area contributed by atoms with Gasteiger partial charge in [-0.2, -0.15) is 0 Å². The molecule has 3 heteroatoms. The summed E-state index contributed by atoms with van der Waals surface area (Å²) in [6.07, 6.45) is 8.48. The van der Waals surface area contributed by atoms with E-state index in [1.807, 2.05) is 7.05 Å². The molecule has 1 amide bonds. The zero-order valence-corrected chi connectivity index (χ0v) is 12.0. The maximum absolute atomic E-state index is 12.3. The van der Waals surface area contributed by atoms with Gasteiger partial charge in [-0.15, -0.1) is 0 Å². The molecule has 0 aromatic carbocycles. The number of likely N-dealkylation sites (tertiary alicyclic amines) is 1. The fourth-order valence-electron chi connectivity index (χ4n) is 3.57. The molecule has 3 nitrogen and oxygen atoms in total. The van der Waals surface area contributed by atoms with Crippen molar-refractivity contribution in [2.45, 2.75) is 57.9 Å². The molecule has 0 radical (unpaired) electrons. The summed E-state index contributed by atoms with van der Waals surface area (Å²) in [6.45, 7) is 4.14. The van der Waals surface area contributed by atoms with Crippen LogP contribution in [0.1, 0.15) is 51.9 Å². The molecule has 1 saturated heterocycles. The van der Waals surface area contributed by atoms with Crippen LogP contribution in [0.3, 0.4) is 0 Å². The van der Waals surface area contributed by atoms with E-state index in [9.17, 15) is 4.79 Å². The second-order valence-corrected chi connectivity index (χ2v) is 6.21. The molecule has 0 spiro atoms. The molecule has 2 aliphatic rings. The van der Waals surface area contributed by atoms with Crippen LogP contribution in [0.15, 0.2) is 0 Å². The number of amides is 1. The monoisotopic (exact) mass is 252 g/mol. The van der Waals surface area contributed by atoms with Gasteiger partial charge in [0.15, 0.2) is 0 Å². The number of hydrogen-bond acceptors (Lipinski definition) is 2. The largest absolute Gasteiger partial charge is 0.342 e. The Bertz CT molecular complexity index is 274. The number of piperidine rings is 1. The van der Waals surface area contributed by atoms with Crippen molar-refractivity contribution < 1.29 is 4.79 Å². The minimum atomic E-state index is 0.406. The van der Waals surface area contributed by atoms with Crippen molar-refractivity contribution in [3.8, 4) is 0 Å². The Hall–Kier alpha value is -0.570. The van der Waals surface area contributed by atoms with Crippen LogP contribution in [0.4, 0.5) is 0 Å². The first-order valence-electron chi connectivity index (χ1n) is 7.65. The average molecular weight is 252 g/mol. The normalized spacial score (nSPS) is 30.4. The van der Waals surface area contributed by atoms with E-state index < -0.39 is 0 Å². The Morgan fingerprint density at radius 1 is 1.22 bits per heavy atom. The highest BCUT2D eigenvalue weighted by Gasteiger charge is 2.28. The summed E-state index contributed by atoms with van der Waals surface area (Å²) in [4.78, 5) is 14.4. The second-order valence-electron chi connectivity index (χ2n) is 6.21. The topological polar surface area (TPSA) is 32.3 Å². The highest BCUT2D eigenvalue weighted by Crippen LogP contribution is 2.27. The van der Waals surface area contributed by atoms with E-state index in [1.54, 1.807) is 0 Å². The third kappa shape index (κ3) is 3.47. The molecule has 1 N–H and O–H groups in total. The zero-order chi connectivity index (χ0) is 13.0. The van der Waals surface area contributed by atoms with Crippen LogP contribution in [0, 0.1) is 11.8 Å². The Kier molecular flexibility index (Phi) is 5.04. The lowest BCUT2D eigenvalue weighted by Gasteiger charge is -2.37. The number of hydrogen-bond donors (Lipinski definition) is 1. The van der Waals surface area contributed by atoms with Crippen molar-refractivity contribution in [2.75, 3.05) is 20.1 Å². The second kappa shape index (κ2) is 6.55. The summed E-state index contributed by atoms with van der Waals surface area (Å²) in [5.74, 6) is 1.66. The molecule has 1 saturated carbocycles. The molecule has 2 unspecified atom stereocenters. The van der Waals surface area contributed by atoms with Gasteiger partial charge in [-0.05, 0) is 38.1 Å². The predicted molar refractivity (Wildman–Crippen MR) is 74.4 cm³/mol. The number of carbonyl (C=O) groups excluding carboxylic acids is 1. The Morgan fingerprint density at radius 3 is 2.56 bits per heavy atom. The zero-order valence-electron chi connectivity index (χ0n) is 12.0. The van der Waals surface area contributed by atoms with Crippen LogP contribution >= 0.6 is 0 Å². The third-order valence-electron chi connectivity index (χ3n) is 4.82. The van der Waals surface area contributed by atoms with Crippen molar-refractivity contribution >= 4 is 5.91 Å². The van der Waals surface area contributed by atoms with E-state index in [-0.39, 0.29) is 0 Å². The van der Waals surface area contributed by atoms with Crippen LogP contribution < -0.4 is 5.32 Å². The molecule has 2 atom stereocenters. The summed E-state index contributed by atoms with van der Waals surface area (Å²) >= 11 is 0. The van der Waals surface area contributed by atoms with Crippen molar-refractivity contribution in [1.29, 1.82) is 0 Å². The lowest BCUT2D eigenvalue weighted by atomic mass is 9.86. The fraction of sp³-hybridized carbons (Fsp3) is 0.933. The minimum Gasteiger partial charge on any atom is -0.342 e. The predicted octanol–water partition coefficient (Wildman–Crippen LogP) is 2.41. The average Bonchev–Trinajstić information content (AvgIpc) is 2.39. The lowest BCUT2D eigenvalue weighted by molar-refractivity contribution is -0.134. The molecule has 2 rings (SSSR count). The smallest absolute Gasteiger partial charge is 0.222 e. The maximum Gasteiger partial charge on any atom is 0.222 e.